The van der Waals surface area contributed by atoms with Crippen LogP contribution in [0.2, 0.25) is 0 Å². The van der Waals surface area contributed by atoms with Gasteiger partial charge in [-0.05, 0) is 32.0 Å². The molecule has 1 amide bonds. The van der Waals surface area contributed by atoms with Crippen molar-refractivity contribution >= 4 is 11.9 Å². The summed E-state index contributed by atoms with van der Waals surface area (Å²) in [6.45, 7) is 7.74. The summed E-state index contributed by atoms with van der Waals surface area (Å²) < 4.78 is 11.6. The Bertz CT molecular complexity index is 825. The number of fused-ring (bicyclic) bond motifs is 3. The molecule has 7 heteroatoms. The van der Waals surface area contributed by atoms with Crippen LogP contribution in [0.5, 0.6) is 5.75 Å². The summed E-state index contributed by atoms with van der Waals surface area (Å²) in [4.78, 5) is 26.4. The number of benzene rings is 1. The Kier molecular flexibility index (Phi) is 5.94. The maximum absolute atomic E-state index is 13.0. The van der Waals surface area contributed by atoms with Crippen LogP contribution in [0.15, 0.2) is 36.4 Å². The van der Waals surface area contributed by atoms with Crippen molar-refractivity contribution in [3.63, 3.8) is 0 Å². The summed E-state index contributed by atoms with van der Waals surface area (Å²) >= 11 is 0. The topological polar surface area (TPSA) is 67.8 Å². The Morgan fingerprint density at radius 1 is 1.10 bits per heavy atom. The maximum atomic E-state index is 13.0. The minimum atomic E-state index is -0.00357. The molecule has 0 N–H and O–H groups in total. The van der Waals surface area contributed by atoms with Gasteiger partial charge in [-0.2, -0.15) is 0 Å². The molecule has 0 saturated carbocycles. The van der Waals surface area contributed by atoms with Gasteiger partial charge < -0.3 is 19.3 Å². The lowest BCUT2D eigenvalue weighted by Crippen LogP contribution is -2.47. The highest BCUT2D eigenvalue weighted by atomic mass is 16.5. The standard InChI is InChI=1S/C22H28N4O3/c1-16-10-17(2)24-22(23-16)25-11-18-12-26(19(13-25)15-28-14-18)21(27)8-9-29-20-6-4-3-5-7-20/h3-7,10,18-19H,8-9,11-15H2,1-2H3/t18-,19-/m0/s1. The van der Waals surface area contributed by atoms with Crippen LogP contribution in [-0.4, -0.2) is 66.3 Å². The van der Waals surface area contributed by atoms with Crippen LogP contribution in [-0.2, 0) is 9.53 Å². The Morgan fingerprint density at radius 2 is 1.86 bits per heavy atom. The SMILES string of the molecule is Cc1cc(C)nc(N2C[C@@H]3COC[C@H](C2)N(C(=O)CCOc2ccccc2)C3)n1. The van der Waals surface area contributed by atoms with E-state index in [2.05, 4.69) is 14.9 Å². The molecule has 1 aromatic carbocycles. The van der Waals surface area contributed by atoms with Gasteiger partial charge in [-0.25, -0.2) is 9.97 Å². The fraction of sp³-hybridized carbons (Fsp3) is 0.500. The minimum absolute atomic E-state index is 0.00357. The predicted molar refractivity (Wildman–Crippen MR) is 110 cm³/mol. The monoisotopic (exact) mass is 396 g/mol. The number of carbonyl (C=O) groups excluding carboxylic acids is 1. The fourth-order valence-corrected chi connectivity index (χ4v) is 4.08. The second-order valence-electron chi connectivity index (χ2n) is 7.87. The van der Waals surface area contributed by atoms with Crippen LogP contribution in [0.1, 0.15) is 17.8 Å². The van der Waals surface area contributed by atoms with E-state index in [0.717, 1.165) is 29.6 Å². The van der Waals surface area contributed by atoms with E-state index in [0.29, 0.717) is 39.3 Å². The average Bonchev–Trinajstić information content (AvgIpc) is 2.99. The molecule has 0 spiro atoms. The van der Waals surface area contributed by atoms with E-state index in [-0.39, 0.29) is 17.9 Å². The van der Waals surface area contributed by atoms with Gasteiger partial charge in [-0.1, -0.05) is 18.2 Å². The zero-order chi connectivity index (χ0) is 20.2. The summed E-state index contributed by atoms with van der Waals surface area (Å²) in [6.07, 6.45) is 0.359. The van der Waals surface area contributed by atoms with Crippen LogP contribution in [0, 0.1) is 19.8 Å². The first-order valence-electron chi connectivity index (χ1n) is 10.2. The van der Waals surface area contributed by atoms with Gasteiger partial charge in [-0.15, -0.1) is 0 Å². The number of para-hydroxylation sites is 1. The highest BCUT2D eigenvalue weighted by Crippen LogP contribution is 2.23. The number of anilines is 1. The number of hydrogen-bond acceptors (Lipinski definition) is 6. The van der Waals surface area contributed by atoms with Crippen molar-refractivity contribution < 1.29 is 14.3 Å². The molecule has 2 atom stereocenters. The van der Waals surface area contributed by atoms with Crippen LogP contribution >= 0.6 is 0 Å². The number of hydrogen-bond donors (Lipinski definition) is 0. The number of rotatable bonds is 5. The molecule has 2 aliphatic rings. The lowest BCUT2D eigenvalue weighted by atomic mass is 10.1. The minimum Gasteiger partial charge on any atom is -0.493 e. The van der Waals surface area contributed by atoms with Crippen LogP contribution in [0.3, 0.4) is 0 Å². The molecule has 2 aromatic rings. The third kappa shape index (κ3) is 4.85. The molecule has 7 nitrogen and oxygen atoms in total. The van der Waals surface area contributed by atoms with Gasteiger partial charge in [0.2, 0.25) is 11.9 Å². The summed E-state index contributed by atoms with van der Waals surface area (Å²) in [6, 6.07) is 11.6. The smallest absolute Gasteiger partial charge is 0.226 e. The van der Waals surface area contributed by atoms with Crippen LogP contribution in [0.4, 0.5) is 5.95 Å². The largest absolute Gasteiger partial charge is 0.493 e. The number of amides is 1. The molecular weight excluding hydrogens is 368 g/mol. The number of aromatic nitrogens is 2. The molecule has 0 radical (unpaired) electrons. The number of aryl methyl sites for hydroxylation is 2. The number of nitrogens with zero attached hydrogens (tertiary/aromatic N) is 4. The van der Waals surface area contributed by atoms with Gasteiger partial charge in [0, 0.05) is 36.9 Å². The first-order valence-corrected chi connectivity index (χ1v) is 10.2. The van der Waals surface area contributed by atoms with Crippen molar-refractivity contribution in [2.75, 3.05) is 44.4 Å². The van der Waals surface area contributed by atoms with E-state index in [1.807, 2.05) is 55.1 Å². The van der Waals surface area contributed by atoms with Crippen LogP contribution < -0.4 is 9.64 Å². The highest BCUT2D eigenvalue weighted by molar-refractivity contribution is 5.77. The molecule has 29 heavy (non-hydrogen) atoms. The zero-order valence-corrected chi connectivity index (χ0v) is 17.1. The number of ether oxygens (including phenoxy) is 2. The second kappa shape index (κ2) is 8.78. The van der Waals surface area contributed by atoms with Crippen molar-refractivity contribution in [1.29, 1.82) is 0 Å². The Labute approximate surface area is 171 Å². The van der Waals surface area contributed by atoms with Gasteiger partial charge in [0.25, 0.3) is 0 Å². The lowest BCUT2D eigenvalue weighted by Gasteiger charge is -2.31. The van der Waals surface area contributed by atoms with E-state index in [1.165, 1.54) is 0 Å². The Balaban J connectivity index is 1.43. The van der Waals surface area contributed by atoms with Gasteiger partial charge in [0.05, 0.1) is 32.3 Å². The Morgan fingerprint density at radius 3 is 2.62 bits per heavy atom. The first-order chi connectivity index (χ1) is 14.1. The van der Waals surface area contributed by atoms with Crippen LogP contribution in [0.25, 0.3) is 0 Å². The summed E-state index contributed by atoms with van der Waals surface area (Å²) in [7, 11) is 0. The first kappa shape index (κ1) is 19.6. The van der Waals surface area contributed by atoms with Gasteiger partial charge in [0.15, 0.2) is 0 Å². The molecule has 2 saturated heterocycles. The molecule has 2 aliphatic heterocycles. The summed E-state index contributed by atoms with van der Waals surface area (Å²) in [5.41, 5.74) is 1.92. The molecular formula is C22H28N4O3. The van der Waals surface area contributed by atoms with Gasteiger partial charge in [0.1, 0.15) is 5.75 Å². The molecule has 2 bridgehead atoms. The van der Waals surface area contributed by atoms with E-state index in [1.54, 1.807) is 0 Å². The van der Waals surface area contributed by atoms with Crippen molar-refractivity contribution in [2.45, 2.75) is 26.3 Å². The van der Waals surface area contributed by atoms with E-state index < -0.39 is 0 Å². The van der Waals surface area contributed by atoms with Crippen molar-refractivity contribution in [1.82, 2.24) is 14.9 Å². The van der Waals surface area contributed by atoms with E-state index in [9.17, 15) is 4.79 Å². The molecule has 154 valence electrons. The molecule has 0 aliphatic carbocycles. The number of carbonyl (C=O) groups is 1. The van der Waals surface area contributed by atoms with Crippen molar-refractivity contribution in [3.8, 4) is 5.75 Å². The Hall–Kier alpha value is -2.67. The normalized spacial score (nSPS) is 21.6. The molecule has 0 unspecified atom stereocenters. The predicted octanol–water partition coefficient (Wildman–Crippen LogP) is 2.23. The third-order valence-electron chi connectivity index (χ3n) is 5.37. The highest BCUT2D eigenvalue weighted by Gasteiger charge is 2.36. The van der Waals surface area contributed by atoms with Gasteiger partial charge in [-0.3, -0.25) is 4.79 Å². The zero-order valence-electron chi connectivity index (χ0n) is 17.1. The van der Waals surface area contributed by atoms with E-state index in [4.69, 9.17) is 9.47 Å². The maximum Gasteiger partial charge on any atom is 0.226 e. The second-order valence-corrected chi connectivity index (χ2v) is 7.87. The fourth-order valence-electron chi connectivity index (χ4n) is 4.08. The average molecular weight is 396 g/mol. The molecule has 2 fully saturated rings. The quantitative estimate of drug-likeness (QED) is 0.772. The van der Waals surface area contributed by atoms with E-state index >= 15 is 0 Å². The van der Waals surface area contributed by atoms with Crippen molar-refractivity contribution in [2.24, 2.45) is 5.92 Å². The molecule has 4 rings (SSSR count). The molecule has 1 aromatic heterocycles. The third-order valence-corrected chi connectivity index (χ3v) is 5.37. The summed E-state index contributed by atoms with van der Waals surface area (Å²) in [5, 5.41) is 0. The lowest BCUT2D eigenvalue weighted by molar-refractivity contribution is -0.134. The molecule has 3 heterocycles. The van der Waals surface area contributed by atoms with Crippen molar-refractivity contribution in [3.05, 3.63) is 47.8 Å². The summed E-state index contributed by atoms with van der Waals surface area (Å²) in [5.74, 6) is 1.90. The van der Waals surface area contributed by atoms with Gasteiger partial charge >= 0.3 is 0 Å².